The molecule has 102 valence electrons. The summed E-state index contributed by atoms with van der Waals surface area (Å²) in [4.78, 5) is 12.7. The Morgan fingerprint density at radius 2 is 2.21 bits per heavy atom. The molecule has 2 N–H and O–H groups in total. The largest absolute Gasteiger partial charge is 0.507 e. The standard InChI is InChI=1S/C13H14O4S2/c14-7-9-5-6-10(19-18-9)8-17-13(16)11-3-1-2-4-12(11)15/h1-4,6,9,14-15H,5,7-8H2. The van der Waals surface area contributed by atoms with Gasteiger partial charge in [0.05, 0.1) is 6.61 Å². The predicted octanol–water partition coefficient (Wildman–Crippen LogP) is 2.58. The highest BCUT2D eigenvalue weighted by Gasteiger charge is 2.17. The molecule has 0 bridgehead atoms. The van der Waals surface area contributed by atoms with E-state index in [0.717, 1.165) is 11.3 Å². The van der Waals surface area contributed by atoms with Crippen molar-refractivity contribution in [1.82, 2.24) is 0 Å². The molecule has 1 aliphatic heterocycles. The molecule has 1 aliphatic rings. The van der Waals surface area contributed by atoms with E-state index in [2.05, 4.69) is 0 Å². The van der Waals surface area contributed by atoms with Crippen molar-refractivity contribution >= 4 is 27.6 Å². The highest BCUT2D eigenvalue weighted by atomic mass is 33.1. The summed E-state index contributed by atoms with van der Waals surface area (Å²) in [5.74, 6) is -0.610. The van der Waals surface area contributed by atoms with Crippen molar-refractivity contribution in [3.63, 3.8) is 0 Å². The lowest BCUT2D eigenvalue weighted by Gasteiger charge is -2.18. The number of aliphatic hydroxyl groups excluding tert-OH is 1. The predicted molar refractivity (Wildman–Crippen MR) is 77.1 cm³/mol. The number of ether oxygens (including phenoxy) is 1. The quantitative estimate of drug-likeness (QED) is 0.658. The number of rotatable bonds is 4. The monoisotopic (exact) mass is 298 g/mol. The number of carbonyl (C=O) groups is 1. The van der Waals surface area contributed by atoms with Crippen LogP contribution < -0.4 is 0 Å². The number of hydrogen-bond acceptors (Lipinski definition) is 6. The smallest absolute Gasteiger partial charge is 0.342 e. The third-order valence-corrected chi connectivity index (χ3v) is 5.53. The number of phenolic OH excluding ortho intramolecular Hbond substituents is 1. The van der Waals surface area contributed by atoms with E-state index in [4.69, 9.17) is 9.84 Å². The minimum absolute atomic E-state index is 0.0764. The SMILES string of the molecule is O=C(OCC1=CCC(CO)SS1)c1ccccc1O. The van der Waals surface area contributed by atoms with Crippen LogP contribution in [0.3, 0.4) is 0 Å². The molecule has 0 fully saturated rings. The van der Waals surface area contributed by atoms with Gasteiger partial charge < -0.3 is 14.9 Å². The molecular formula is C13H14O4S2. The number of carbonyl (C=O) groups excluding carboxylic acids is 1. The molecule has 1 heterocycles. The average Bonchev–Trinajstić information content (AvgIpc) is 2.46. The van der Waals surface area contributed by atoms with Crippen molar-refractivity contribution in [1.29, 1.82) is 0 Å². The number of aliphatic hydroxyl groups is 1. The molecular weight excluding hydrogens is 284 g/mol. The van der Waals surface area contributed by atoms with Crippen LogP contribution in [0.15, 0.2) is 35.2 Å². The van der Waals surface area contributed by atoms with Crippen LogP contribution in [0.5, 0.6) is 5.75 Å². The molecule has 0 saturated heterocycles. The lowest BCUT2D eigenvalue weighted by molar-refractivity contribution is 0.0543. The number of phenols is 1. The molecule has 19 heavy (non-hydrogen) atoms. The van der Waals surface area contributed by atoms with Gasteiger partial charge in [-0.2, -0.15) is 0 Å². The van der Waals surface area contributed by atoms with Gasteiger partial charge in [-0.1, -0.05) is 39.8 Å². The number of esters is 1. The second kappa shape index (κ2) is 6.88. The van der Waals surface area contributed by atoms with Gasteiger partial charge in [0.25, 0.3) is 0 Å². The van der Waals surface area contributed by atoms with Crippen LogP contribution in [0.4, 0.5) is 0 Å². The first-order valence-electron chi connectivity index (χ1n) is 5.79. The first-order valence-corrected chi connectivity index (χ1v) is 8.00. The number of para-hydroxylation sites is 1. The molecule has 0 spiro atoms. The third-order valence-electron chi connectivity index (χ3n) is 2.57. The van der Waals surface area contributed by atoms with Crippen LogP contribution in [0.2, 0.25) is 0 Å². The number of benzene rings is 1. The van der Waals surface area contributed by atoms with Crippen LogP contribution >= 0.6 is 21.6 Å². The van der Waals surface area contributed by atoms with Crippen molar-refractivity contribution in [3.05, 3.63) is 40.8 Å². The maximum atomic E-state index is 11.8. The Morgan fingerprint density at radius 3 is 2.84 bits per heavy atom. The fourth-order valence-electron chi connectivity index (χ4n) is 1.51. The van der Waals surface area contributed by atoms with E-state index < -0.39 is 5.97 Å². The first-order chi connectivity index (χ1) is 9.20. The molecule has 0 amide bonds. The Hall–Kier alpha value is -1.11. The lowest BCUT2D eigenvalue weighted by Crippen LogP contribution is -2.12. The Morgan fingerprint density at radius 1 is 1.42 bits per heavy atom. The van der Waals surface area contributed by atoms with Gasteiger partial charge in [0, 0.05) is 10.2 Å². The first kappa shape index (κ1) is 14.3. The summed E-state index contributed by atoms with van der Waals surface area (Å²) < 4.78 is 5.15. The van der Waals surface area contributed by atoms with Crippen molar-refractivity contribution in [2.45, 2.75) is 11.7 Å². The fraction of sp³-hybridized carbons (Fsp3) is 0.308. The molecule has 6 heteroatoms. The van der Waals surface area contributed by atoms with E-state index in [0.29, 0.717) is 0 Å². The molecule has 0 aliphatic carbocycles. The van der Waals surface area contributed by atoms with Crippen molar-refractivity contribution < 1.29 is 19.7 Å². The zero-order chi connectivity index (χ0) is 13.7. The van der Waals surface area contributed by atoms with E-state index in [1.54, 1.807) is 22.9 Å². The van der Waals surface area contributed by atoms with Gasteiger partial charge in [-0.05, 0) is 18.6 Å². The number of aromatic hydroxyl groups is 1. The maximum absolute atomic E-state index is 11.8. The Balaban J connectivity index is 1.88. The van der Waals surface area contributed by atoms with Crippen LogP contribution in [0.1, 0.15) is 16.8 Å². The molecule has 4 nitrogen and oxygen atoms in total. The fourth-order valence-corrected chi connectivity index (χ4v) is 3.83. The zero-order valence-corrected chi connectivity index (χ0v) is 11.7. The summed E-state index contributed by atoms with van der Waals surface area (Å²) in [7, 11) is 3.09. The normalized spacial score (nSPS) is 18.8. The summed E-state index contributed by atoms with van der Waals surface area (Å²) in [5, 5.41) is 18.7. The Kier molecular flexibility index (Phi) is 5.18. The van der Waals surface area contributed by atoms with Crippen molar-refractivity contribution in [2.24, 2.45) is 0 Å². The minimum Gasteiger partial charge on any atom is -0.507 e. The molecule has 1 atom stereocenters. The zero-order valence-electron chi connectivity index (χ0n) is 10.1. The number of allylic oxidation sites excluding steroid dienone is 1. The third kappa shape index (κ3) is 3.92. The topological polar surface area (TPSA) is 66.8 Å². The molecule has 2 rings (SSSR count). The summed E-state index contributed by atoms with van der Waals surface area (Å²) in [6.07, 6.45) is 2.75. The van der Waals surface area contributed by atoms with E-state index in [1.165, 1.54) is 22.9 Å². The van der Waals surface area contributed by atoms with Gasteiger partial charge in [-0.25, -0.2) is 4.79 Å². The second-order valence-electron chi connectivity index (χ2n) is 3.98. The van der Waals surface area contributed by atoms with Gasteiger partial charge in [-0.3, -0.25) is 0 Å². The molecule has 0 aromatic heterocycles. The summed E-state index contributed by atoms with van der Waals surface area (Å²) in [6, 6.07) is 6.30. The van der Waals surface area contributed by atoms with Gasteiger partial charge in [-0.15, -0.1) is 0 Å². The Bertz CT molecular complexity index is 487. The molecule has 0 radical (unpaired) electrons. The van der Waals surface area contributed by atoms with Gasteiger partial charge >= 0.3 is 5.97 Å². The second-order valence-corrected chi connectivity index (χ2v) is 6.61. The van der Waals surface area contributed by atoms with Crippen LogP contribution in [0, 0.1) is 0 Å². The molecule has 0 saturated carbocycles. The lowest BCUT2D eigenvalue weighted by atomic mass is 10.2. The van der Waals surface area contributed by atoms with Crippen LogP contribution in [-0.4, -0.2) is 34.6 Å². The van der Waals surface area contributed by atoms with E-state index in [-0.39, 0.29) is 29.8 Å². The highest BCUT2D eigenvalue weighted by molar-refractivity contribution is 8.78. The van der Waals surface area contributed by atoms with Crippen molar-refractivity contribution in [2.75, 3.05) is 13.2 Å². The van der Waals surface area contributed by atoms with Crippen LogP contribution in [0.25, 0.3) is 0 Å². The average molecular weight is 298 g/mol. The van der Waals surface area contributed by atoms with Gasteiger partial charge in [0.15, 0.2) is 0 Å². The highest BCUT2D eigenvalue weighted by Crippen LogP contribution is 2.40. The summed E-state index contributed by atoms with van der Waals surface area (Å²) >= 11 is 0. The minimum atomic E-state index is -0.533. The summed E-state index contributed by atoms with van der Waals surface area (Å²) in [5.41, 5.74) is 0.171. The van der Waals surface area contributed by atoms with E-state index >= 15 is 0 Å². The maximum Gasteiger partial charge on any atom is 0.342 e. The van der Waals surface area contributed by atoms with Gasteiger partial charge in [0.2, 0.25) is 0 Å². The van der Waals surface area contributed by atoms with Crippen molar-refractivity contribution in [3.8, 4) is 5.75 Å². The summed E-state index contributed by atoms with van der Waals surface area (Å²) in [6.45, 7) is 0.349. The molecule has 1 aromatic carbocycles. The molecule has 1 unspecified atom stereocenters. The van der Waals surface area contributed by atoms with E-state index in [1.807, 2.05) is 6.08 Å². The molecule has 1 aromatic rings. The van der Waals surface area contributed by atoms with Gasteiger partial charge in [0.1, 0.15) is 17.9 Å². The van der Waals surface area contributed by atoms with E-state index in [9.17, 15) is 9.90 Å². The number of hydrogen-bond donors (Lipinski definition) is 2. The van der Waals surface area contributed by atoms with Crippen LogP contribution in [-0.2, 0) is 4.74 Å². The Labute approximate surface area is 119 Å².